The van der Waals surface area contributed by atoms with Gasteiger partial charge in [0.2, 0.25) is 0 Å². The van der Waals surface area contributed by atoms with Crippen molar-refractivity contribution in [3.05, 3.63) is 48.0 Å². The number of fused-ring (bicyclic) bond motifs is 2. The number of ether oxygens (including phenoxy) is 2. The third-order valence-corrected chi connectivity index (χ3v) is 6.66. The Morgan fingerprint density at radius 3 is 1.60 bits per heavy atom. The van der Waals surface area contributed by atoms with Crippen molar-refractivity contribution in [1.82, 2.24) is 0 Å². The van der Waals surface area contributed by atoms with Gasteiger partial charge in [-0.3, -0.25) is 0 Å². The minimum absolute atomic E-state index is 0.263. The zero-order valence-electron chi connectivity index (χ0n) is 21.6. The van der Waals surface area contributed by atoms with Crippen molar-refractivity contribution in [2.45, 2.75) is 90.9 Å². The number of carboxylic acid groups (broad SMARTS) is 1. The third kappa shape index (κ3) is 7.62. The van der Waals surface area contributed by atoms with E-state index in [0.717, 1.165) is 52.3 Å². The number of hydrogen-bond acceptors (Lipinski definition) is 3. The molecule has 0 aliphatic carbocycles. The summed E-state index contributed by atoms with van der Waals surface area (Å²) in [6.07, 6.45) is 14.4. The molecule has 0 unspecified atom stereocenters. The van der Waals surface area contributed by atoms with Crippen molar-refractivity contribution < 1.29 is 19.4 Å². The molecule has 3 aromatic carbocycles. The summed E-state index contributed by atoms with van der Waals surface area (Å²) in [5.41, 5.74) is 0.263. The fourth-order valence-electron chi connectivity index (χ4n) is 4.66. The van der Waals surface area contributed by atoms with E-state index < -0.39 is 5.97 Å². The zero-order valence-corrected chi connectivity index (χ0v) is 21.6. The first-order chi connectivity index (χ1) is 17.2. The van der Waals surface area contributed by atoms with Crippen LogP contribution in [0.4, 0.5) is 0 Å². The van der Waals surface area contributed by atoms with Crippen molar-refractivity contribution in [2.75, 3.05) is 13.2 Å². The first-order valence-electron chi connectivity index (χ1n) is 13.6. The molecule has 3 aromatic rings. The normalized spacial score (nSPS) is 11.3. The van der Waals surface area contributed by atoms with Crippen molar-refractivity contribution >= 4 is 27.5 Å². The second-order valence-corrected chi connectivity index (χ2v) is 9.50. The number of hydrogen-bond donors (Lipinski definition) is 1. The van der Waals surface area contributed by atoms with Crippen molar-refractivity contribution in [3.8, 4) is 11.5 Å². The Labute approximate surface area is 210 Å². The van der Waals surface area contributed by atoms with Gasteiger partial charge in [0.05, 0.1) is 18.8 Å². The van der Waals surface area contributed by atoms with Crippen LogP contribution < -0.4 is 9.47 Å². The molecule has 0 aromatic heterocycles. The van der Waals surface area contributed by atoms with Crippen molar-refractivity contribution in [1.29, 1.82) is 0 Å². The molecule has 0 heterocycles. The van der Waals surface area contributed by atoms with E-state index in [2.05, 4.69) is 26.0 Å². The van der Waals surface area contributed by atoms with Crippen LogP contribution >= 0.6 is 0 Å². The second-order valence-electron chi connectivity index (χ2n) is 9.50. The number of carboxylic acids is 1. The average molecular weight is 479 g/mol. The summed E-state index contributed by atoms with van der Waals surface area (Å²) < 4.78 is 12.7. The van der Waals surface area contributed by atoms with Gasteiger partial charge in [-0.25, -0.2) is 4.79 Å². The van der Waals surface area contributed by atoms with Crippen LogP contribution in [0.15, 0.2) is 42.5 Å². The summed E-state index contributed by atoms with van der Waals surface area (Å²) >= 11 is 0. The lowest BCUT2D eigenvalue weighted by Gasteiger charge is -2.18. The van der Waals surface area contributed by atoms with Gasteiger partial charge in [-0.2, -0.15) is 0 Å². The highest BCUT2D eigenvalue weighted by Gasteiger charge is 2.18. The molecule has 0 atom stereocenters. The monoisotopic (exact) mass is 478 g/mol. The second kappa shape index (κ2) is 14.6. The van der Waals surface area contributed by atoms with Crippen LogP contribution in [-0.4, -0.2) is 24.3 Å². The van der Waals surface area contributed by atoms with E-state index in [1.165, 1.54) is 57.8 Å². The molecule has 0 saturated carbocycles. The fourth-order valence-corrected chi connectivity index (χ4v) is 4.66. The SMILES string of the molecule is CCCCCCCCOc1c2ccccc2c(OCCCCCCCC)c2cc(C(=O)O)ccc12. The van der Waals surface area contributed by atoms with E-state index in [0.29, 0.717) is 13.2 Å². The molecule has 0 aliphatic heterocycles. The summed E-state index contributed by atoms with van der Waals surface area (Å²) in [6.45, 7) is 5.74. The Kier molecular flexibility index (Phi) is 11.2. The van der Waals surface area contributed by atoms with Gasteiger partial charge in [0.15, 0.2) is 0 Å². The molecule has 0 radical (unpaired) electrons. The van der Waals surface area contributed by atoms with Gasteiger partial charge in [0, 0.05) is 21.5 Å². The topological polar surface area (TPSA) is 55.8 Å². The Morgan fingerprint density at radius 2 is 1.09 bits per heavy atom. The van der Waals surface area contributed by atoms with Gasteiger partial charge < -0.3 is 14.6 Å². The van der Waals surface area contributed by atoms with Gasteiger partial charge in [-0.15, -0.1) is 0 Å². The predicted molar refractivity (Wildman–Crippen MR) is 146 cm³/mol. The number of rotatable bonds is 17. The molecule has 0 aliphatic rings. The maximum atomic E-state index is 11.7. The highest BCUT2D eigenvalue weighted by Crippen LogP contribution is 2.43. The minimum Gasteiger partial charge on any atom is -0.492 e. The third-order valence-electron chi connectivity index (χ3n) is 6.66. The Morgan fingerprint density at radius 1 is 0.629 bits per heavy atom. The maximum Gasteiger partial charge on any atom is 0.335 e. The molecule has 1 N–H and O–H groups in total. The Balaban J connectivity index is 1.85. The molecule has 0 bridgehead atoms. The Hall–Kier alpha value is -2.75. The predicted octanol–water partition coefficient (Wildman–Crippen LogP) is 9.17. The van der Waals surface area contributed by atoms with Crippen LogP contribution in [0.25, 0.3) is 21.5 Å². The number of unbranched alkanes of at least 4 members (excludes halogenated alkanes) is 10. The van der Waals surface area contributed by atoms with Gasteiger partial charge in [-0.05, 0) is 31.0 Å². The first-order valence-corrected chi connectivity index (χ1v) is 13.6. The van der Waals surface area contributed by atoms with Crippen molar-refractivity contribution in [2.24, 2.45) is 0 Å². The maximum absolute atomic E-state index is 11.7. The molecule has 190 valence electrons. The number of benzene rings is 3. The molecular weight excluding hydrogens is 436 g/mol. The van der Waals surface area contributed by atoms with E-state index in [1.54, 1.807) is 12.1 Å². The summed E-state index contributed by atoms with van der Waals surface area (Å²) in [5.74, 6) is 0.656. The highest BCUT2D eigenvalue weighted by molar-refractivity contribution is 6.12. The van der Waals surface area contributed by atoms with Crippen LogP contribution in [-0.2, 0) is 0 Å². The lowest BCUT2D eigenvalue weighted by molar-refractivity contribution is 0.0697. The van der Waals surface area contributed by atoms with Gasteiger partial charge in [-0.1, -0.05) is 102 Å². The molecule has 0 amide bonds. The molecule has 4 nitrogen and oxygen atoms in total. The average Bonchev–Trinajstić information content (AvgIpc) is 2.87. The van der Waals surface area contributed by atoms with E-state index in [1.807, 2.05) is 18.2 Å². The summed E-state index contributed by atoms with van der Waals surface area (Å²) in [5, 5.41) is 13.4. The minimum atomic E-state index is -0.934. The summed E-state index contributed by atoms with van der Waals surface area (Å²) in [4.78, 5) is 11.7. The molecule has 35 heavy (non-hydrogen) atoms. The van der Waals surface area contributed by atoms with Gasteiger partial charge >= 0.3 is 5.97 Å². The van der Waals surface area contributed by atoms with Crippen molar-refractivity contribution in [3.63, 3.8) is 0 Å². The van der Waals surface area contributed by atoms with Gasteiger partial charge in [0.1, 0.15) is 11.5 Å². The van der Waals surface area contributed by atoms with Crippen LogP contribution in [0, 0.1) is 0 Å². The summed E-state index contributed by atoms with van der Waals surface area (Å²) in [6, 6.07) is 13.4. The summed E-state index contributed by atoms with van der Waals surface area (Å²) in [7, 11) is 0. The molecule has 0 fully saturated rings. The standard InChI is InChI=1S/C31H42O4/c1-3-5-7-9-11-15-21-34-29-25-17-13-14-18-26(25)30(35-22-16-12-10-8-6-4-2)28-23-24(31(32)33)19-20-27(28)29/h13-14,17-20,23H,3-12,15-16,21-22H2,1-2H3,(H,32,33). The number of carbonyl (C=O) groups is 1. The van der Waals surface area contributed by atoms with Crippen LogP contribution in [0.3, 0.4) is 0 Å². The molecule has 3 rings (SSSR count). The fraction of sp³-hybridized carbons (Fsp3) is 0.516. The largest absolute Gasteiger partial charge is 0.492 e. The molecule has 4 heteroatoms. The lowest BCUT2D eigenvalue weighted by atomic mass is 9.98. The molecular formula is C31H42O4. The highest BCUT2D eigenvalue weighted by atomic mass is 16.5. The quantitative estimate of drug-likeness (QED) is 0.155. The number of aromatic carboxylic acids is 1. The first kappa shape index (κ1) is 26.8. The molecule has 0 spiro atoms. The van der Waals surface area contributed by atoms with E-state index in [4.69, 9.17) is 9.47 Å². The molecule has 0 saturated heterocycles. The van der Waals surface area contributed by atoms with E-state index in [9.17, 15) is 9.90 Å². The van der Waals surface area contributed by atoms with E-state index in [-0.39, 0.29) is 5.56 Å². The van der Waals surface area contributed by atoms with Crippen LogP contribution in [0.1, 0.15) is 101 Å². The van der Waals surface area contributed by atoms with Gasteiger partial charge in [0.25, 0.3) is 0 Å². The van der Waals surface area contributed by atoms with Crippen LogP contribution in [0.5, 0.6) is 11.5 Å². The lowest BCUT2D eigenvalue weighted by Crippen LogP contribution is -2.03. The van der Waals surface area contributed by atoms with Crippen LogP contribution in [0.2, 0.25) is 0 Å². The zero-order chi connectivity index (χ0) is 24.9. The smallest absolute Gasteiger partial charge is 0.335 e. The van der Waals surface area contributed by atoms with E-state index >= 15 is 0 Å². The Bertz CT molecular complexity index is 1070.